The van der Waals surface area contributed by atoms with Gasteiger partial charge in [0.25, 0.3) is 0 Å². The number of thioether (sulfide) groups is 1. The van der Waals surface area contributed by atoms with Crippen LogP contribution >= 0.6 is 34.7 Å². The number of ether oxygens (including phenoxy) is 1. The quantitative estimate of drug-likeness (QED) is 0.506. The third kappa shape index (κ3) is 3.44. The van der Waals surface area contributed by atoms with Crippen molar-refractivity contribution in [1.82, 2.24) is 4.90 Å². The van der Waals surface area contributed by atoms with Gasteiger partial charge in [-0.25, -0.2) is 4.79 Å². The molecule has 0 spiro atoms. The van der Waals surface area contributed by atoms with E-state index in [1.54, 1.807) is 16.2 Å². The van der Waals surface area contributed by atoms with Crippen LogP contribution in [-0.4, -0.2) is 29.9 Å². The first-order valence-electron chi connectivity index (χ1n) is 7.97. The summed E-state index contributed by atoms with van der Waals surface area (Å²) in [5.41, 5.74) is 2.39. The van der Waals surface area contributed by atoms with Gasteiger partial charge in [0.2, 0.25) is 0 Å². The third-order valence-electron chi connectivity index (χ3n) is 4.06. The van der Waals surface area contributed by atoms with Gasteiger partial charge in [0, 0.05) is 38.0 Å². The van der Waals surface area contributed by atoms with Crippen LogP contribution in [0.25, 0.3) is 10.1 Å². The topological polar surface area (TPSA) is 29.5 Å². The lowest BCUT2D eigenvalue weighted by Gasteiger charge is -2.20. The summed E-state index contributed by atoms with van der Waals surface area (Å²) in [6.45, 7) is 7.24. The summed E-state index contributed by atoms with van der Waals surface area (Å²) in [7, 11) is 0. The fourth-order valence-corrected chi connectivity index (χ4v) is 5.42. The average Bonchev–Trinajstić information content (AvgIpc) is 2.77. The minimum absolute atomic E-state index is 0.245. The Balaban J connectivity index is 2.02. The predicted molar refractivity (Wildman–Crippen MR) is 104 cm³/mol. The molecule has 1 aliphatic heterocycles. The molecule has 0 fully saturated rings. The molecule has 3 nitrogen and oxygen atoms in total. The molecule has 0 atom stereocenters. The van der Waals surface area contributed by atoms with Crippen molar-refractivity contribution < 1.29 is 9.53 Å². The van der Waals surface area contributed by atoms with Crippen LogP contribution in [0, 0.1) is 0 Å². The number of nitrogens with zero attached hydrogens (tertiary/aromatic N) is 1. The molecule has 0 saturated heterocycles. The van der Waals surface area contributed by atoms with E-state index in [2.05, 4.69) is 12.6 Å². The van der Waals surface area contributed by atoms with Gasteiger partial charge in [0.05, 0.1) is 13.2 Å². The Morgan fingerprint density at radius 2 is 2.33 bits per heavy atom. The van der Waals surface area contributed by atoms with Crippen LogP contribution in [0.15, 0.2) is 24.8 Å². The molecule has 2 heterocycles. The Bertz CT molecular complexity index is 772. The Hall–Kier alpha value is -1.17. The van der Waals surface area contributed by atoms with E-state index in [9.17, 15) is 4.79 Å². The lowest BCUT2D eigenvalue weighted by molar-refractivity contribution is 0.105. The van der Waals surface area contributed by atoms with Gasteiger partial charge in [-0.05, 0) is 36.6 Å². The van der Waals surface area contributed by atoms with E-state index in [1.807, 2.05) is 30.8 Å². The summed E-state index contributed by atoms with van der Waals surface area (Å²) in [5.74, 6) is 1.84. The monoisotopic (exact) mass is 381 g/mol. The highest BCUT2D eigenvalue weighted by Gasteiger charge is 2.26. The van der Waals surface area contributed by atoms with Crippen molar-refractivity contribution in [3.63, 3.8) is 0 Å². The van der Waals surface area contributed by atoms with Gasteiger partial charge in [-0.15, -0.1) is 17.9 Å². The molecule has 6 heteroatoms. The second kappa shape index (κ2) is 7.81. The summed E-state index contributed by atoms with van der Waals surface area (Å²) >= 11 is 10.1. The van der Waals surface area contributed by atoms with Crippen LogP contribution in [-0.2, 0) is 23.5 Å². The standard InChI is InChI=1S/C18H20ClNO2S2/c1-3-9-23-11-16-13-10-20(18(21)22-4-2)8-7-12-14(19)5-6-15(24-16)17(12)13/h3,5-6H,1,4,7-11H2,2H3. The molecule has 0 N–H and O–H groups in total. The molecule has 24 heavy (non-hydrogen) atoms. The lowest BCUT2D eigenvalue weighted by atomic mass is 10.0. The minimum atomic E-state index is -0.245. The highest BCUT2D eigenvalue weighted by atomic mass is 35.5. The molecule has 1 aromatic carbocycles. The Kier molecular flexibility index (Phi) is 5.74. The molecule has 0 saturated carbocycles. The highest BCUT2D eigenvalue weighted by molar-refractivity contribution is 7.98. The van der Waals surface area contributed by atoms with E-state index in [0.717, 1.165) is 28.5 Å². The van der Waals surface area contributed by atoms with Crippen molar-refractivity contribution in [2.24, 2.45) is 0 Å². The number of amides is 1. The number of thiophene rings is 1. The zero-order valence-electron chi connectivity index (χ0n) is 13.6. The number of benzene rings is 1. The zero-order valence-corrected chi connectivity index (χ0v) is 16.0. The van der Waals surface area contributed by atoms with Crippen LogP contribution in [0.5, 0.6) is 0 Å². The van der Waals surface area contributed by atoms with Crippen LogP contribution < -0.4 is 0 Å². The summed E-state index contributed by atoms with van der Waals surface area (Å²) < 4.78 is 6.47. The van der Waals surface area contributed by atoms with Crippen LogP contribution in [0.1, 0.15) is 22.9 Å². The van der Waals surface area contributed by atoms with Crippen molar-refractivity contribution in [1.29, 1.82) is 0 Å². The van der Waals surface area contributed by atoms with E-state index < -0.39 is 0 Å². The van der Waals surface area contributed by atoms with Gasteiger partial charge in [0.1, 0.15) is 0 Å². The van der Waals surface area contributed by atoms with Gasteiger partial charge < -0.3 is 9.64 Å². The third-order valence-corrected chi connectivity index (χ3v) is 6.76. The Labute approximate surface area is 155 Å². The first-order valence-corrected chi connectivity index (χ1v) is 10.3. The summed E-state index contributed by atoms with van der Waals surface area (Å²) in [4.78, 5) is 15.4. The molecule has 0 aliphatic carbocycles. The van der Waals surface area contributed by atoms with E-state index in [0.29, 0.717) is 19.7 Å². The Morgan fingerprint density at radius 3 is 3.08 bits per heavy atom. The fourth-order valence-electron chi connectivity index (χ4n) is 3.00. The van der Waals surface area contributed by atoms with Crippen molar-refractivity contribution in [3.8, 4) is 0 Å². The van der Waals surface area contributed by atoms with E-state index in [4.69, 9.17) is 16.3 Å². The van der Waals surface area contributed by atoms with E-state index in [-0.39, 0.29) is 6.09 Å². The van der Waals surface area contributed by atoms with Crippen molar-refractivity contribution in [2.45, 2.75) is 25.6 Å². The molecule has 128 valence electrons. The molecule has 0 bridgehead atoms. The fraction of sp³-hybridized carbons (Fsp3) is 0.389. The first kappa shape index (κ1) is 17.6. The molecule has 3 rings (SSSR count). The van der Waals surface area contributed by atoms with Crippen molar-refractivity contribution in [2.75, 3.05) is 18.9 Å². The maximum absolute atomic E-state index is 12.3. The van der Waals surface area contributed by atoms with Crippen LogP contribution in [0.2, 0.25) is 5.02 Å². The summed E-state index contributed by atoms with van der Waals surface area (Å²) in [6.07, 6.45) is 2.44. The molecular formula is C18H20ClNO2S2. The van der Waals surface area contributed by atoms with Gasteiger partial charge in [-0.1, -0.05) is 17.7 Å². The van der Waals surface area contributed by atoms with Gasteiger partial charge in [-0.2, -0.15) is 11.8 Å². The molecule has 2 aromatic rings. The molecule has 0 radical (unpaired) electrons. The van der Waals surface area contributed by atoms with Gasteiger partial charge >= 0.3 is 6.09 Å². The van der Waals surface area contributed by atoms with E-state index >= 15 is 0 Å². The number of carbonyl (C=O) groups excluding carboxylic acids is 1. The molecule has 1 amide bonds. The average molecular weight is 382 g/mol. The van der Waals surface area contributed by atoms with E-state index in [1.165, 1.54) is 20.5 Å². The van der Waals surface area contributed by atoms with Crippen LogP contribution in [0.3, 0.4) is 0 Å². The Morgan fingerprint density at radius 1 is 1.50 bits per heavy atom. The molecule has 1 aromatic heterocycles. The van der Waals surface area contributed by atoms with Gasteiger partial charge in [0.15, 0.2) is 0 Å². The lowest BCUT2D eigenvalue weighted by Crippen LogP contribution is -2.32. The number of rotatable bonds is 5. The van der Waals surface area contributed by atoms with Gasteiger partial charge in [-0.3, -0.25) is 0 Å². The smallest absolute Gasteiger partial charge is 0.410 e. The number of halogens is 1. The number of carbonyl (C=O) groups is 1. The predicted octanol–water partition coefficient (Wildman–Crippen LogP) is 5.49. The largest absolute Gasteiger partial charge is 0.450 e. The van der Waals surface area contributed by atoms with Crippen molar-refractivity contribution in [3.05, 3.63) is 45.8 Å². The molecule has 0 unspecified atom stereocenters. The maximum Gasteiger partial charge on any atom is 0.410 e. The normalized spacial score (nSPS) is 13.8. The number of hydrogen-bond acceptors (Lipinski definition) is 4. The number of hydrogen-bond donors (Lipinski definition) is 0. The molecular weight excluding hydrogens is 362 g/mol. The SMILES string of the molecule is C=CCSCc1sc2ccc(Cl)c3c2c1CN(C(=O)OCC)CC3. The summed E-state index contributed by atoms with van der Waals surface area (Å²) in [6, 6.07) is 4.07. The zero-order chi connectivity index (χ0) is 17.1. The van der Waals surface area contributed by atoms with Crippen LogP contribution in [0.4, 0.5) is 4.79 Å². The second-order valence-electron chi connectivity index (χ2n) is 5.58. The molecule has 1 aliphatic rings. The highest BCUT2D eigenvalue weighted by Crippen LogP contribution is 2.40. The maximum atomic E-state index is 12.3. The minimum Gasteiger partial charge on any atom is -0.450 e. The first-order chi connectivity index (χ1) is 11.7. The summed E-state index contributed by atoms with van der Waals surface area (Å²) in [5, 5.41) is 2.03. The second-order valence-corrected chi connectivity index (χ2v) is 8.15. The van der Waals surface area contributed by atoms with Crippen molar-refractivity contribution >= 4 is 50.9 Å².